The first-order valence-electron chi connectivity index (χ1n) is 8.73. The van der Waals surface area contributed by atoms with Gasteiger partial charge in [-0.25, -0.2) is 0 Å². The number of hydrazone groups is 1. The van der Waals surface area contributed by atoms with Crippen molar-refractivity contribution >= 4 is 5.71 Å². The molecule has 0 radical (unpaired) electrons. The van der Waals surface area contributed by atoms with Crippen molar-refractivity contribution in [3.63, 3.8) is 0 Å². The third-order valence-electron chi connectivity index (χ3n) is 5.85. The Kier molecular flexibility index (Phi) is 3.01. The van der Waals surface area contributed by atoms with Gasteiger partial charge in [0.2, 0.25) is 0 Å². The second kappa shape index (κ2) is 5.20. The van der Waals surface area contributed by atoms with Gasteiger partial charge in [-0.3, -0.25) is 5.43 Å². The molecule has 3 saturated heterocycles. The number of rotatable bonds is 2. The summed E-state index contributed by atoms with van der Waals surface area (Å²) in [5, 5.41) is 4.72. The second-order valence-electron chi connectivity index (χ2n) is 7.04. The topological polar surface area (TPSA) is 28.8 Å². The van der Waals surface area contributed by atoms with Crippen LogP contribution in [0.25, 0.3) is 11.1 Å². The molecule has 0 amide bonds. The summed E-state index contributed by atoms with van der Waals surface area (Å²) in [6.45, 7) is 2.63. The minimum atomic E-state index is 0.355. The third-order valence-corrected chi connectivity index (χ3v) is 5.85. The molecule has 2 aromatic rings. The van der Waals surface area contributed by atoms with Gasteiger partial charge in [0, 0.05) is 18.8 Å². The molecule has 0 aliphatic carbocycles. The Bertz CT molecular complexity index is 727. The van der Waals surface area contributed by atoms with E-state index in [-0.39, 0.29) is 0 Å². The number of quaternary nitrogens is 1. The Balaban J connectivity index is 1.43. The average Bonchev–Trinajstić information content (AvgIpc) is 3.11. The highest BCUT2D eigenvalue weighted by atomic mass is 15.4. The highest BCUT2D eigenvalue weighted by molar-refractivity contribution is 5.93. The molecule has 4 aliphatic heterocycles. The smallest absolute Gasteiger partial charge is 0.155 e. The first-order valence-corrected chi connectivity index (χ1v) is 8.73. The molecule has 4 aliphatic rings. The first-order chi connectivity index (χ1) is 11.4. The van der Waals surface area contributed by atoms with Crippen LogP contribution in [0.4, 0.5) is 0 Å². The molecule has 116 valence electrons. The van der Waals surface area contributed by atoms with Gasteiger partial charge in [-0.1, -0.05) is 54.6 Å². The molecule has 0 unspecified atom stereocenters. The standard InChI is InChI=1S/C20H21N3/c1-2-4-14(5-3-1)15-6-8-16(9-7-15)18-20-19(22-21-18)17-10-12-23(20)13-11-17/h1-9,17-18,20-21H,10-13H2/p+1/t18-,20-/m0/s1. The molecule has 3 nitrogen and oxygen atoms in total. The van der Waals surface area contributed by atoms with E-state index < -0.39 is 0 Å². The monoisotopic (exact) mass is 304 g/mol. The van der Waals surface area contributed by atoms with Crippen molar-refractivity contribution in [2.75, 3.05) is 13.1 Å². The van der Waals surface area contributed by atoms with E-state index in [0.29, 0.717) is 12.1 Å². The molecule has 3 fully saturated rings. The SMILES string of the molecule is c1ccc(-c2ccc([C@@H]3NN=C4C5CC[NH+](CC5)[C@H]43)cc2)cc1. The summed E-state index contributed by atoms with van der Waals surface area (Å²) in [6, 6.07) is 20.6. The van der Waals surface area contributed by atoms with Gasteiger partial charge in [0.15, 0.2) is 6.04 Å². The molecule has 0 spiro atoms. The van der Waals surface area contributed by atoms with Crippen molar-refractivity contribution in [1.29, 1.82) is 0 Å². The van der Waals surface area contributed by atoms with Gasteiger partial charge < -0.3 is 4.90 Å². The van der Waals surface area contributed by atoms with Crippen LogP contribution in [0.2, 0.25) is 0 Å². The van der Waals surface area contributed by atoms with Crippen molar-refractivity contribution in [3.8, 4) is 11.1 Å². The molecule has 2 aromatic carbocycles. The second-order valence-corrected chi connectivity index (χ2v) is 7.04. The summed E-state index contributed by atoms with van der Waals surface area (Å²) in [7, 11) is 0. The number of hydrogen-bond acceptors (Lipinski definition) is 2. The van der Waals surface area contributed by atoms with Crippen LogP contribution in [0, 0.1) is 5.92 Å². The number of nitrogens with one attached hydrogen (secondary N) is 2. The molecule has 2 N–H and O–H groups in total. The fourth-order valence-corrected chi connectivity index (χ4v) is 4.62. The van der Waals surface area contributed by atoms with E-state index >= 15 is 0 Å². The molecular weight excluding hydrogens is 282 g/mol. The lowest BCUT2D eigenvalue weighted by molar-refractivity contribution is -0.927. The van der Waals surface area contributed by atoms with E-state index in [1.165, 1.54) is 48.3 Å². The Morgan fingerprint density at radius 2 is 1.57 bits per heavy atom. The van der Waals surface area contributed by atoms with E-state index in [4.69, 9.17) is 5.10 Å². The van der Waals surface area contributed by atoms with Gasteiger partial charge in [0.05, 0.1) is 13.1 Å². The summed E-state index contributed by atoms with van der Waals surface area (Å²) < 4.78 is 0. The quantitative estimate of drug-likeness (QED) is 0.873. The van der Waals surface area contributed by atoms with Crippen LogP contribution in [-0.2, 0) is 0 Å². The van der Waals surface area contributed by atoms with Crippen molar-refractivity contribution < 1.29 is 4.90 Å². The van der Waals surface area contributed by atoms with Crippen LogP contribution in [-0.4, -0.2) is 24.8 Å². The van der Waals surface area contributed by atoms with Crippen LogP contribution >= 0.6 is 0 Å². The number of benzene rings is 2. The zero-order chi connectivity index (χ0) is 15.2. The molecule has 2 bridgehead atoms. The van der Waals surface area contributed by atoms with Gasteiger partial charge in [-0.05, 0) is 16.7 Å². The molecule has 23 heavy (non-hydrogen) atoms. The highest BCUT2D eigenvalue weighted by Gasteiger charge is 2.50. The Morgan fingerprint density at radius 3 is 2.30 bits per heavy atom. The molecular formula is C20H22N3+. The van der Waals surface area contributed by atoms with Crippen LogP contribution in [0.1, 0.15) is 24.4 Å². The number of hydrogen-bond donors (Lipinski definition) is 2. The summed E-state index contributed by atoms with van der Waals surface area (Å²) in [5.41, 5.74) is 8.81. The van der Waals surface area contributed by atoms with E-state index in [9.17, 15) is 0 Å². The van der Waals surface area contributed by atoms with E-state index in [1.807, 2.05) is 0 Å². The van der Waals surface area contributed by atoms with Crippen LogP contribution in [0.15, 0.2) is 59.7 Å². The van der Waals surface area contributed by atoms with Crippen molar-refractivity contribution in [2.24, 2.45) is 11.0 Å². The van der Waals surface area contributed by atoms with E-state index in [2.05, 4.69) is 60.0 Å². The van der Waals surface area contributed by atoms with Gasteiger partial charge in [-0.2, -0.15) is 5.10 Å². The van der Waals surface area contributed by atoms with Crippen molar-refractivity contribution in [2.45, 2.75) is 24.9 Å². The Hall–Kier alpha value is -2.13. The fraction of sp³-hybridized carbons (Fsp3) is 0.350. The van der Waals surface area contributed by atoms with Gasteiger partial charge in [0.1, 0.15) is 11.8 Å². The van der Waals surface area contributed by atoms with E-state index in [0.717, 1.165) is 5.92 Å². The van der Waals surface area contributed by atoms with Gasteiger partial charge >= 0.3 is 0 Å². The largest absolute Gasteiger partial charge is 0.326 e. The fourth-order valence-electron chi connectivity index (χ4n) is 4.62. The average molecular weight is 304 g/mol. The number of nitrogens with zero attached hydrogens (tertiary/aromatic N) is 1. The van der Waals surface area contributed by atoms with Gasteiger partial charge in [-0.15, -0.1) is 0 Å². The van der Waals surface area contributed by atoms with Crippen LogP contribution in [0.5, 0.6) is 0 Å². The predicted octanol–water partition coefficient (Wildman–Crippen LogP) is 2.03. The number of fused-ring (bicyclic) bond motifs is 2. The molecule has 4 heterocycles. The molecule has 0 aromatic heterocycles. The van der Waals surface area contributed by atoms with Crippen LogP contribution in [0.3, 0.4) is 0 Å². The lowest BCUT2D eigenvalue weighted by Crippen LogP contribution is -3.20. The predicted molar refractivity (Wildman–Crippen MR) is 92.4 cm³/mol. The highest BCUT2D eigenvalue weighted by Crippen LogP contribution is 2.31. The lowest BCUT2D eigenvalue weighted by atomic mass is 9.78. The zero-order valence-electron chi connectivity index (χ0n) is 13.2. The number of piperidine rings is 3. The summed E-state index contributed by atoms with van der Waals surface area (Å²) in [4.78, 5) is 1.73. The Morgan fingerprint density at radius 1 is 0.870 bits per heavy atom. The summed E-state index contributed by atoms with van der Waals surface area (Å²) in [5.74, 6) is 0.735. The maximum absolute atomic E-state index is 4.72. The summed E-state index contributed by atoms with van der Waals surface area (Å²) in [6.07, 6.45) is 2.65. The first kappa shape index (κ1) is 13.3. The van der Waals surface area contributed by atoms with Gasteiger partial charge in [0.25, 0.3) is 0 Å². The van der Waals surface area contributed by atoms with Crippen LogP contribution < -0.4 is 10.3 Å². The maximum atomic E-state index is 4.72. The van der Waals surface area contributed by atoms with E-state index in [1.54, 1.807) is 4.90 Å². The molecule has 0 saturated carbocycles. The normalized spacial score (nSPS) is 31.4. The minimum Gasteiger partial charge on any atom is -0.326 e. The Labute approximate surface area is 137 Å². The maximum Gasteiger partial charge on any atom is 0.155 e. The van der Waals surface area contributed by atoms with Crippen molar-refractivity contribution in [3.05, 3.63) is 60.2 Å². The summed E-state index contributed by atoms with van der Waals surface area (Å²) >= 11 is 0. The zero-order valence-corrected chi connectivity index (χ0v) is 13.2. The third kappa shape index (κ3) is 2.11. The molecule has 3 heteroatoms. The lowest BCUT2D eigenvalue weighted by Gasteiger charge is -2.42. The van der Waals surface area contributed by atoms with Crippen molar-refractivity contribution in [1.82, 2.24) is 5.43 Å². The minimum absolute atomic E-state index is 0.355. The molecule has 6 rings (SSSR count). The molecule has 2 atom stereocenters.